The first-order chi connectivity index (χ1) is 10.3. The fourth-order valence-electron chi connectivity index (χ4n) is 2.24. The molecule has 0 bridgehead atoms. The Morgan fingerprint density at radius 2 is 2.14 bits per heavy atom. The number of rotatable bonds is 6. The van der Waals surface area contributed by atoms with Gasteiger partial charge in [0, 0.05) is 24.3 Å². The van der Waals surface area contributed by atoms with Gasteiger partial charge in [0.1, 0.15) is 22.2 Å². The van der Waals surface area contributed by atoms with Gasteiger partial charge in [0.15, 0.2) is 0 Å². The molecular weight excluding hydrogens is 282 g/mol. The van der Waals surface area contributed by atoms with Crippen LogP contribution in [0.15, 0.2) is 28.9 Å². The lowest BCUT2D eigenvalue weighted by molar-refractivity contribution is 0.513. The van der Waals surface area contributed by atoms with Crippen molar-refractivity contribution in [1.82, 2.24) is 9.97 Å². The molecule has 3 aromatic heterocycles. The predicted octanol–water partition coefficient (Wildman–Crippen LogP) is 4.06. The molecule has 0 fully saturated rings. The molecule has 0 saturated carbocycles. The normalized spacial score (nSPS) is 11.1. The molecule has 0 aromatic carbocycles. The zero-order chi connectivity index (χ0) is 14.7. The van der Waals surface area contributed by atoms with E-state index in [9.17, 15) is 0 Å². The van der Waals surface area contributed by atoms with Crippen molar-refractivity contribution in [3.05, 3.63) is 40.9 Å². The van der Waals surface area contributed by atoms with Crippen LogP contribution in [0.3, 0.4) is 0 Å². The Bertz CT molecular complexity index is 719. The van der Waals surface area contributed by atoms with Crippen molar-refractivity contribution in [1.29, 1.82) is 0 Å². The number of thiophene rings is 1. The monoisotopic (exact) mass is 301 g/mol. The molecule has 0 radical (unpaired) electrons. The molecule has 1 N–H and O–H groups in total. The molecule has 0 saturated heterocycles. The third-order valence-electron chi connectivity index (χ3n) is 3.40. The molecular formula is C16H19N3OS. The van der Waals surface area contributed by atoms with Crippen molar-refractivity contribution >= 4 is 27.4 Å². The van der Waals surface area contributed by atoms with Gasteiger partial charge in [-0.3, -0.25) is 0 Å². The molecule has 0 spiro atoms. The van der Waals surface area contributed by atoms with E-state index in [1.807, 2.05) is 12.1 Å². The highest BCUT2D eigenvalue weighted by Gasteiger charge is 2.10. The summed E-state index contributed by atoms with van der Waals surface area (Å²) in [5.74, 6) is 2.83. The minimum Gasteiger partial charge on any atom is -0.469 e. The minimum atomic E-state index is 0.806. The van der Waals surface area contributed by atoms with Gasteiger partial charge in [-0.15, -0.1) is 11.3 Å². The Morgan fingerprint density at radius 3 is 2.86 bits per heavy atom. The van der Waals surface area contributed by atoms with Gasteiger partial charge in [-0.25, -0.2) is 9.97 Å². The first-order valence-corrected chi connectivity index (χ1v) is 8.17. The fourth-order valence-corrected chi connectivity index (χ4v) is 3.23. The Labute approximate surface area is 128 Å². The summed E-state index contributed by atoms with van der Waals surface area (Å²) in [6.45, 7) is 5.06. The van der Waals surface area contributed by atoms with Crippen LogP contribution in [0.25, 0.3) is 10.2 Å². The van der Waals surface area contributed by atoms with Gasteiger partial charge < -0.3 is 9.73 Å². The Hall–Kier alpha value is -1.88. The van der Waals surface area contributed by atoms with E-state index in [2.05, 4.69) is 35.2 Å². The highest BCUT2D eigenvalue weighted by atomic mass is 32.1. The van der Waals surface area contributed by atoms with Crippen molar-refractivity contribution in [3.8, 4) is 0 Å². The molecule has 3 heterocycles. The SMILES string of the molecule is CCc1nc(NCCc2ccco2)c2cc(CC)sc2n1. The standard InChI is InChI=1S/C16H19N3OS/c1-3-12-10-13-15(17-8-7-11-6-5-9-20-11)18-14(4-2)19-16(13)21-12/h5-6,9-10H,3-4,7-8H2,1-2H3,(H,17,18,19). The second-order valence-electron chi connectivity index (χ2n) is 4.88. The van der Waals surface area contributed by atoms with E-state index in [0.717, 1.165) is 53.4 Å². The zero-order valence-corrected chi connectivity index (χ0v) is 13.2. The van der Waals surface area contributed by atoms with Crippen molar-refractivity contribution in [3.63, 3.8) is 0 Å². The second-order valence-corrected chi connectivity index (χ2v) is 6.00. The first-order valence-electron chi connectivity index (χ1n) is 7.35. The topological polar surface area (TPSA) is 51.0 Å². The van der Waals surface area contributed by atoms with Gasteiger partial charge in [0.05, 0.1) is 11.6 Å². The molecule has 0 aliphatic carbocycles. The summed E-state index contributed by atoms with van der Waals surface area (Å²) >= 11 is 1.76. The third kappa shape index (κ3) is 3.08. The summed E-state index contributed by atoms with van der Waals surface area (Å²) in [6, 6.07) is 6.11. The minimum absolute atomic E-state index is 0.806. The third-order valence-corrected chi connectivity index (χ3v) is 4.57. The molecule has 110 valence electrons. The molecule has 4 nitrogen and oxygen atoms in total. The number of anilines is 1. The number of aryl methyl sites for hydroxylation is 2. The zero-order valence-electron chi connectivity index (χ0n) is 12.3. The van der Waals surface area contributed by atoms with Gasteiger partial charge in [0.25, 0.3) is 0 Å². The number of aromatic nitrogens is 2. The van der Waals surface area contributed by atoms with Gasteiger partial charge >= 0.3 is 0 Å². The van der Waals surface area contributed by atoms with E-state index >= 15 is 0 Å². The van der Waals surface area contributed by atoms with E-state index < -0.39 is 0 Å². The number of furan rings is 1. The van der Waals surface area contributed by atoms with Gasteiger partial charge in [-0.1, -0.05) is 13.8 Å². The van der Waals surface area contributed by atoms with E-state index in [-0.39, 0.29) is 0 Å². The lowest BCUT2D eigenvalue weighted by Crippen LogP contribution is -2.08. The smallest absolute Gasteiger partial charge is 0.138 e. The molecule has 0 aliphatic heterocycles. The summed E-state index contributed by atoms with van der Waals surface area (Å²) in [5.41, 5.74) is 0. The van der Waals surface area contributed by atoms with Crippen molar-refractivity contribution < 1.29 is 4.42 Å². The quantitative estimate of drug-likeness (QED) is 0.746. The average Bonchev–Trinajstić information content (AvgIpc) is 3.15. The van der Waals surface area contributed by atoms with Crippen LogP contribution < -0.4 is 5.32 Å². The molecule has 0 aliphatic rings. The largest absolute Gasteiger partial charge is 0.469 e. The Morgan fingerprint density at radius 1 is 1.24 bits per heavy atom. The summed E-state index contributed by atoms with van der Waals surface area (Å²) in [6.07, 6.45) is 4.45. The Kier molecular flexibility index (Phi) is 4.20. The van der Waals surface area contributed by atoms with Crippen molar-refractivity contribution in [2.75, 3.05) is 11.9 Å². The highest BCUT2D eigenvalue weighted by molar-refractivity contribution is 7.18. The summed E-state index contributed by atoms with van der Waals surface area (Å²) in [4.78, 5) is 11.7. The highest BCUT2D eigenvalue weighted by Crippen LogP contribution is 2.29. The molecule has 5 heteroatoms. The van der Waals surface area contributed by atoms with Gasteiger partial charge in [0.2, 0.25) is 0 Å². The fraction of sp³-hybridized carbons (Fsp3) is 0.375. The van der Waals surface area contributed by atoms with Crippen LogP contribution in [-0.4, -0.2) is 16.5 Å². The first kappa shape index (κ1) is 14.1. The summed E-state index contributed by atoms with van der Waals surface area (Å²) in [5, 5.41) is 4.57. The molecule has 3 rings (SSSR count). The summed E-state index contributed by atoms with van der Waals surface area (Å²) < 4.78 is 5.35. The molecule has 21 heavy (non-hydrogen) atoms. The molecule has 0 atom stereocenters. The number of nitrogens with zero attached hydrogens (tertiary/aromatic N) is 2. The number of hydrogen-bond donors (Lipinski definition) is 1. The lowest BCUT2D eigenvalue weighted by atomic mass is 10.3. The van der Waals surface area contributed by atoms with Crippen molar-refractivity contribution in [2.45, 2.75) is 33.1 Å². The van der Waals surface area contributed by atoms with Crippen LogP contribution in [0.5, 0.6) is 0 Å². The van der Waals surface area contributed by atoms with E-state index in [1.165, 1.54) is 4.88 Å². The maximum absolute atomic E-state index is 5.35. The molecule has 0 amide bonds. The van der Waals surface area contributed by atoms with Crippen LogP contribution >= 0.6 is 11.3 Å². The lowest BCUT2D eigenvalue weighted by Gasteiger charge is -2.07. The van der Waals surface area contributed by atoms with Gasteiger partial charge in [-0.2, -0.15) is 0 Å². The predicted molar refractivity (Wildman–Crippen MR) is 87.1 cm³/mol. The van der Waals surface area contributed by atoms with Gasteiger partial charge in [-0.05, 0) is 24.6 Å². The van der Waals surface area contributed by atoms with Crippen LogP contribution in [0.1, 0.15) is 30.3 Å². The maximum atomic E-state index is 5.35. The van der Waals surface area contributed by atoms with Crippen molar-refractivity contribution in [2.24, 2.45) is 0 Å². The number of fused-ring (bicyclic) bond motifs is 1. The molecule has 0 unspecified atom stereocenters. The Balaban J connectivity index is 1.83. The van der Waals surface area contributed by atoms with Crippen LogP contribution in [-0.2, 0) is 19.3 Å². The van der Waals surface area contributed by atoms with Crippen LogP contribution in [0.4, 0.5) is 5.82 Å². The molecule has 3 aromatic rings. The second kappa shape index (κ2) is 6.26. The van der Waals surface area contributed by atoms with E-state index in [1.54, 1.807) is 17.6 Å². The van der Waals surface area contributed by atoms with E-state index in [0.29, 0.717) is 0 Å². The van der Waals surface area contributed by atoms with Crippen LogP contribution in [0, 0.1) is 0 Å². The maximum Gasteiger partial charge on any atom is 0.138 e. The van der Waals surface area contributed by atoms with E-state index in [4.69, 9.17) is 4.42 Å². The number of nitrogens with one attached hydrogen (secondary N) is 1. The van der Waals surface area contributed by atoms with Crippen LogP contribution in [0.2, 0.25) is 0 Å². The number of hydrogen-bond acceptors (Lipinski definition) is 5. The average molecular weight is 301 g/mol. The summed E-state index contributed by atoms with van der Waals surface area (Å²) in [7, 11) is 0.